The molecular weight excluding hydrogens is 721 g/mol. The first kappa shape index (κ1) is 49.3. The van der Waals surface area contributed by atoms with E-state index >= 15 is 0 Å². The first-order chi connectivity index (χ1) is 24.7. The van der Waals surface area contributed by atoms with Crippen molar-refractivity contribution < 1.29 is 9.47 Å². The SMILES string of the molecule is CCC[SiH2]CCCN1CCOC1.CCC[SiH2]CCCN1CCOCC1.CCC[SiH2]CCCN1CCSC1.CCC[SiH2]CCCN1CCSCC1. The molecule has 4 aliphatic rings. The number of thioether (sulfide) groups is 2. The van der Waals surface area contributed by atoms with E-state index in [9.17, 15) is 0 Å². The van der Waals surface area contributed by atoms with Crippen LogP contribution in [0.15, 0.2) is 0 Å². The molecule has 50 heavy (non-hydrogen) atoms. The maximum Gasteiger partial charge on any atom is 0.0991 e. The van der Waals surface area contributed by atoms with Crippen molar-refractivity contribution in [3.05, 3.63) is 0 Å². The Labute approximate surface area is 331 Å². The molecule has 0 radical (unpaired) electrons. The van der Waals surface area contributed by atoms with Crippen molar-refractivity contribution >= 4 is 61.6 Å². The van der Waals surface area contributed by atoms with Crippen LogP contribution in [-0.4, -0.2) is 173 Å². The summed E-state index contributed by atoms with van der Waals surface area (Å²) in [5, 5.41) is 0. The van der Waals surface area contributed by atoms with Gasteiger partial charge in [-0.25, -0.2) is 0 Å². The summed E-state index contributed by atoms with van der Waals surface area (Å²) in [6.07, 6.45) is 11.5. The van der Waals surface area contributed by atoms with E-state index in [0.717, 1.165) is 46.2 Å². The fourth-order valence-electron chi connectivity index (χ4n) is 6.66. The zero-order chi connectivity index (χ0) is 36.0. The summed E-state index contributed by atoms with van der Waals surface area (Å²) in [4.78, 5) is 10.2. The summed E-state index contributed by atoms with van der Waals surface area (Å²) in [6.45, 7) is 25.8. The fraction of sp³-hybridized carbons (Fsp3) is 1.00. The second-order valence-corrected chi connectivity index (χ2v) is 25.7. The number of hydrogen-bond acceptors (Lipinski definition) is 8. The molecule has 4 saturated heterocycles. The molecule has 0 amide bonds. The van der Waals surface area contributed by atoms with E-state index in [1.807, 2.05) is 0 Å². The van der Waals surface area contributed by atoms with E-state index in [-0.39, 0.29) is 0 Å². The van der Waals surface area contributed by atoms with Gasteiger partial charge in [0.1, 0.15) is 0 Å². The summed E-state index contributed by atoms with van der Waals surface area (Å²) in [7, 11) is 1.29. The summed E-state index contributed by atoms with van der Waals surface area (Å²) in [5.41, 5.74) is 0. The van der Waals surface area contributed by atoms with Crippen LogP contribution >= 0.6 is 23.5 Å². The van der Waals surface area contributed by atoms with Crippen LogP contribution < -0.4 is 0 Å². The summed E-state index contributed by atoms with van der Waals surface area (Å²) in [6, 6.07) is 12.5. The van der Waals surface area contributed by atoms with Gasteiger partial charge in [0.15, 0.2) is 0 Å². The van der Waals surface area contributed by atoms with Gasteiger partial charge in [0.05, 0.1) is 26.6 Å². The van der Waals surface area contributed by atoms with Crippen LogP contribution in [0.2, 0.25) is 48.4 Å². The van der Waals surface area contributed by atoms with Crippen molar-refractivity contribution in [2.45, 2.75) is 127 Å². The monoisotopic (exact) mass is 809 g/mol. The number of morpholine rings is 1. The minimum absolute atomic E-state index is 0.306. The fourth-order valence-corrected chi connectivity index (χ4v) is 14.4. The van der Waals surface area contributed by atoms with Gasteiger partial charge in [-0.05, 0) is 45.3 Å². The summed E-state index contributed by atoms with van der Waals surface area (Å²) >= 11 is 4.20. The third-order valence-corrected chi connectivity index (χ3v) is 21.0. The van der Waals surface area contributed by atoms with Crippen molar-refractivity contribution in [2.24, 2.45) is 0 Å². The second kappa shape index (κ2) is 40.0. The lowest BCUT2D eigenvalue weighted by atomic mass is 10.3. The third-order valence-electron chi connectivity index (χ3n) is 10.2. The Hall–Kier alpha value is 1.33. The van der Waals surface area contributed by atoms with Crippen LogP contribution in [0.25, 0.3) is 0 Å². The highest BCUT2D eigenvalue weighted by atomic mass is 32.2. The molecule has 300 valence electrons. The van der Waals surface area contributed by atoms with Gasteiger partial charge in [-0.1, -0.05) is 102 Å². The highest BCUT2D eigenvalue weighted by Crippen LogP contribution is 2.14. The standard InChI is InChI=1S/C10H23NOSi.C10H23NSSi.C9H21NOSi.C9H21NSSi/c2*1-2-9-13-10-3-4-11-5-7-12-8-6-11;2*1-2-7-12-8-3-4-10-5-6-11-9-10/h2*2-10,13H2,1H3;2*2-9,12H2,1H3. The maximum atomic E-state index is 5.31. The molecule has 4 rings (SSSR count). The zero-order valence-corrected chi connectivity index (χ0v) is 41.6. The molecule has 0 unspecified atom stereocenters. The van der Waals surface area contributed by atoms with E-state index in [1.165, 1.54) is 132 Å². The summed E-state index contributed by atoms with van der Waals surface area (Å²) < 4.78 is 10.6. The van der Waals surface area contributed by atoms with Gasteiger partial charge in [-0.2, -0.15) is 11.8 Å². The van der Waals surface area contributed by atoms with Gasteiger partial charge < -0.3 is 14.4 Å². The first-order valence-corrected chi connectivity index (χ1v) is 32.2. The second-order valence-electron chi connectivity index (χ2n) is 14.9. The number of hydrogen-bond donors (Lipinski definition) is 0. The summed E-state index contributed by atoms with van der Waals surface area (Å²) in [5.74, 6) is 5.40. The predicted octanol–water partition coefficient (Wildman–Crippen LogP) is 5.84. The average Bonchev–Trinajstić information content (AvgIpc) is 3.88. The first-order valence-electron chi connectivity index (χ1n) is 21.9. The normalized spacial score (nSPS) is 19.9. The Morgan fingerprint density at radius 3 is 1.22 bits per heavy atom. The molecule has 0 bridgehead atoms. The molecule has 4 fully saturated rings. The molecule has 0 aromatic carbocycles. The molecule has 0 aromatic heterocycles. The quantitative estimate of drug-likeness (QED) is 0.0889. The molecule has 0 saturated carbocycles. The minimum atomic E-state index is 0.306. The van der Waals surface area contributed by atoms with Gasteiger partial charge in [0.2, 0.25) is 0 Å². The lowest BCUT2D eigenvalue weighted by Crippen LogP contribution is -2.36. The Balaban J connectivity index is 0.000000334. The number of nitrogens with zero attached hydrogens (tertiary/aromatic N) is 4. The minimum Gasteiger partial charge on any atom is -0.379 e. The molecule has 0 spiro atoms. The van der Waals surface area contributed by atoms with Gasteiger partial charge in [-0.3, -0.25) is 14.7 Å². The van der Waals surface area contributed by atoms with E-state index in [0.29, 0.717) is 38.1 Å². The molecule has 4 heterocycles. The predicted molar refractivity (Wildman–Crippen MR) is 245 cm³/mol. The van der Waals surface area contributed by atoms with Gasteiger partial charge in [0.25, 0.3) is 0 Å². The Morgan fingerprint density at radius 1 is 0.420 bits per heavy atom. The van der Waals surface area contributed by atoms with E-state index in [1.54, 1.807) is 36.3 Å². The lowest BCUT2D eigenvalue weighted by Gasteiger charge is -2.26. The van der Waals surface area contributed by atoms with Crippen LogP contribution in [0.1, 0.15) is 79.1 Å². The Bertz CT molecular complexity index is 606. The maximum absolute atomic E-state index is 5.31. The van der Waals surface area contributed by atoms with Crippen LogP contribution in [0.3, 0.4) is 0 Å². The Kier molecular flexibility index (Phi) is 39.5. The number of ether oxygens (including phenoxy) is 2. The largest absolute Gasteiger partial charge is 0.379 e. The van der Waals surface area contributed by atoms with Crippen LogP contribution in [0.5, 0.6) is 0 Å². The lowest BCUT2D eigenvalue weighted by molar-refractivity contribution is 0.0380. The smallest absolute Gasteiger partial charge is 0.0991 e. The molecule has 4 aliphatic heterocycles. The van der Waals surface area contributed by atoms with Crippen molar-refractivity contribution in [1.29, 1.82) is 0 Å². The van der Waals surface area contributed by atoms with Crippen LogP contribution in [0.4, 0.5) is 0 Å². The van der Waals surface area contributed by atoms with Crippen molar-refractivity contribution in [1.82, 2.24) is 19.6 Å². The zero-order valence-electron chi connectivity index (χ0n) is 34.3. The van der Waals surface area contributed by atoms with Gasteiger partial charge in [0, 0.05) is 107 Å². The number of rotatable bonds is 24. The molecule has 0 atom stereocenters. The Morgan fingerprint density at radius 2 is 0.800 bits per heavy atom. The van der Waals surface area contributed by atoms with E-state index in [2.05, 4.69) is 70.8 Å². The molecule has 0 aromatic rings. The highest BCUT2D eigenvalue weighted by molar-refractivity contribution is 7.99. The van der Waals surface area contributed by atoms with E-state index < -0.39 is 0 Å². The van der Waals surface area contributed by atoms with E-state index in [4.69, 9.17) is 9.47 Å². The van der Waals surface area contributed by atoms with Crippen LogP contribution in [0, 0.1) is 0 Å². The van der Waals surface area contributed by atoms with Crippen molar-refractivity contribution in [3.8, 4) is 0 Å². The van der Waals surface area contributed by atoms with Crippen LogP contribution in [-0.2, 0) is 9.47 Å². The van der Waals surface area contributed by atoms with Crippen molar-refractivity contribution in [3.63, 3.8) is 0 Å². The highest BCUT2D eigenvalue weighted by Gasteiger charge is 2.12. The molecule has 0 N–H and O–H groups in total. The van der Waals surface area contributed by atoms with Gasteiger partial charge in [-0.15, -0.1) is 11.8 Å². The topological polar surface area (TPSA) is 31.4 Å². The molecule has 12 heteroatoms. The molecule has 0 aliphatic carbocycles. The third kappa shape index (κ3) is 32.7. The van der Waals surface area contributed by atoms with Crippen molar-refractivity contribution in [2.75, 3.05) is 115 Å². The molecular formula is C38H88N4O2S2Si4. The average molecular weight is 810 g/mol. The van der Waals surface area contributed by atoms with Gasteiger partial charge >= 0.3 is 0 Å². The molecule has 6 nitrogen and oxygen atoms in total.